The molecule has 0 aliphatic carbocycles. The van der Waals surface area contributed by atoms with E-state index >= 15 is 0 Å². The lowest BCUT2D eigenvalue weighted by Crippen LogP contribution is -2.30. The predicted octanol–water partition coefficient (Wildman–Crippen LogP) is 3.35. The van der Waals surface area contributed by atoms with Gasteiger partial charge in [-0.05, 0) is 43.4 Å². The SMILES string of the molecule is CSCCCCCNC(=O)Nc1c(C)cccc1C(=O)O. The molecule has 0 saturated carbocycles. The molecule has 0 unspecified atom stereocenters. The van der Waals surface area contributed by atoms with E-state index in [-0.39, 0.29) is 11.6 Å². The summed E-state index contributed by atoms with van der Waals surface area (Å²) in [7, 11) is 0. The summed E-state index contributed by atoms with van der Waals surface area (Å²) >= 11 is 1.82. The van der Waals surface area contributed by atoms with Crippen LogP contribution in [0.2, 0.25) is 0 Å². The first-order chi connectivity index (χ1) is 10.1. The van der Waals surface area contributed by atoms with Gasteiger partial charge in [-0.3, -0.25) is 0 Å². The monoisotopic (exact) mass is 310 g/mol. The van der Waals surface area contributed by atoms with Gasteiger partial charge in [-0.25, -0.2) is 9.59 Å². The third kappa shape index (κ3) is 6.08. The van der Waals surface area contributed by atoms with Crippen LogP contribution in [0.5, 0.6) is 0 Å². The van der Waals surface area contributed by atoms with Crippen molar-refractivity contribution < 1.29 is 14.7 Å². The van der Waals surface area contributed by atoms with E-state index in [1.54, 1.807) is 19.1 Å². The molecule has 0 aliphatic heterocycles. The van der Waals surface area contributed by atoms with Crippen molar-refractivity contribution in [3.8, 4) is 0 Å². The van der Waals surface area contributed by atoms with Crippen molar-refractivity contribution >= 4 is 29.4 Å². The molecule has 0 spiro atoms. The van der Waals surface area contributed by atoms with Gasteiger partial charge in [0, 0.05) is 6.54 Å². The first kappa shape index (κ1) is 17.4. The fourth-order valence-corrected chi connectivity index (χ4v) is 2.41. The molecular formula is C15H22N2O3S. The zero-order valence-electron chi connectivity index (χ0n) is 12.4. The molecule has 0 heterocycles. The van der Waals surface area contributed by atoms with Crippen LogP contribution in [0.3, 0.4) is 0 Å². The topological polar surface area (TPSA) is 78.4 Å². The van der Waals surface area contributed by atoms with Crippen molar-refractivity contribution in [3.05, 3.63) is 29.3 Å². The highest BCUT2D eigenvalue weighted by Crippen LogP contribution is 2.20. The number of amides is 2. The van der Waals surface area contributed by atoms with Gasteiger partial charge in [0.25, 0.3) is 0 Å². The zero-order chi connectivity index (χ0) is 15.7. The van der Waals surface area contributed by atoms with Gasteiger partial charge in [-0.1, -0.05) is 18.6 Å². The highest BCUT2D eigenvalue weighted by atomic mass is 32.2. The number of unbranched alkanes of at least 4 members (excludes halogenated alkanes) is 2. The molecule has 5 nitrogen and oxygen atoms in total. The number of aryl methyl sites for hydroxylation is 1. The normalized spacial score (nSPS) is 10.2. The summed E-state index contributed by atoms with van der Waals surface area (Å²) in [5, 5.41) is 14.5. The fourth-order valence-electron chi connectivity index (χ4n) is 1.92. The molecule has 0 fully saturated rings. The van der Waals surface area contributed by atoms with Crippen LogP contribution in [0.25, 0.3) is 0 Å². The Bertz CT molecular complexity index is 492. The van der Waals surface area contributed by atoms with Crippen LogP contribution in [0, 0.1) is 6.92 Å². The molecule has 0 atom stereocenters. The average molecular weight is 310 g/mol. The van der Waals surface area contributed by atoms with E-state index in [1.807, 2.05) is 11.8 Å². The average Bonchev–Trinajstić information content (AvgIpc) is 2.44. The van der Waals surface area contributed by atoms with Crippen molar-refractivity contribution in [3.63, 3.8) is 0 Å². The summed E-state index contributed by atoms with van der Waals surface area (Å²) in [6.07, 6.45) is 5.22. The van der Waals surface area contributed by atoms with Crippen LogP contribution >= 0.6 is 11.8 Å². The highest BCUT2D eigenvalue weighted by molar-refractivity contribution is 7.98. The number of para-hydroxylation sites is 1. The van der Waals surface area contributed by atoms with E-state index in [9.17, 15) is 9.59 Å². The minimum Gasteiger partial charge on any atom is -0.478 e. The standard InChI is InChI=1S/C15H22N2O3S/c1-11-7-6-8-12(14(18)19)13(11)17-15(20)16-9-4-3-5-10-21-2/h6-8H,3-5,9-10H2,1-2H3,(H,18,19)(H2,16,17,20). The molecule has 0 radical (unpaired) electrons. The lowest BCUT2D eigenvalue weighted by atomic mass is 10.1. The summed E-state index contributed by atoms with van der Waals surface area (Å²) in [5.74, 6) is 0.0863. The summed E-state index contributed by atoms with van der Waals surface area (Å²) in [5.41, 5.74) is 1.18. The fraction of sp³-hybridized carbons (Fsp3) is 0.467. The maximum atomic E-state index is 11.8. The summed E-state index contributed by atoms with van der Waals surface area (Å²) in [6.45, 7) is 2.36. The van der Waals surface area contributed by atoms with E-state index in [2.05, 4.69) is 16.9 Å². The quantitative estimate of drug-likeness (QED) is 0.643. The Labute approximate surface area is 129 Å². The lowest BCUT2D eigenvalue weighted by molar-refractivity contribution is 0.0698. The van der Waals surface area contributed by atoms with Gasteiger partial charge in [-0.15, -0.1) is 0 Å². The Hall–Kier alpha value is -1.69. The Morgan fingerprint density at radius 2 is 2.00 bits per heavy atom. The Morgan fingerprint density at radius 3 is 2.67 bits per heavy atom. The number of benzene rings is 1. The molecule has 0 aliphatic rings. The maximum Gasteiger partial charge on any atom is 0.337 e. The van der Waals surface area contributed by atoms with Gasteiger partial charge in [-0.2, -0.15) is 11.8 Å². The first-order valence-corrected chi connectivity index (χ1v) is 8.32. The van der Waals surface area contributed by atoms with Crippen LogP contribution in [0.15, 0.2) is 18.2 Å². The van der Waals surface area contributed by atoms with Crippen LogP contribution in [0.4, 0.5) is 10.5 Å². The number of carboxylic acids is 1. The predicted molar refractivity (Wildman–Crippen MR) is 87.4 cm³/mol. The van der Waals surface area contributed by atoms with E-state index in [4.69, 9.17) is 5.11 Å². The molecule has 0 bridgehead atoms. The van der Waals surface area contributed by atoms with Gasteiger partial charge in [0.15, 0.2) is 0 Å². The number of carboxylic acid groups (broad SMARTS) is 1. The van der Waals surface area contributed by atoms with Gasteiger partial charge in [0.2, 0.25) is 0 Å². The van der Waals surface area contributed by atoms with Gasteiger partial charge in [0.1, 0.15) is 0 Å². The molecule has 21 heavy (non-hydrogen) atoms. The third-order valence-electron chi connectivity index (χ3n) is 3.05. The Kier molecular flexibility index (Phi) is 7.68. The van der Waals surface area contributed by atoms with E-state index < -0.39 is 5.97 Å². The number of aromatic carboxylic acids is 1. The summed E-state index contributed by atoms with van der Waals surface area (Å²) in [4.78, 5) is 23.0. The van der Waals surface area contributed by atoms with Crippen molar-refractivity contribution in [2.75, 3.05) is 23.9 Å². The van der Waals surface area contributed by atoms with Crippen LogP contribution in [-0.4, -0.2) is 35.7 Å². The van der Waals surface area contributed by atoms with Crippen molar-refractivity contribution in [1.82, 2.24) is 5.32 Å². The minimum absolute atomic E-state index is 0.102. The van der Waals surface area contributed by atoms with Gasteiger partial charge >= 0.3 is 12.0 Å². The smallest absolute Gasteiger partial charge is 0.337 e. The number of hydrogen-bond acceptors (Lipinski definition) is 3. The number of thioether (sulfide) groups is 1. The molecule has 0 aromatic heterocycles. The van der Waals surface area contributed by atoms with Crippen molar-refractivity contribution in [2.24, 2.45) is 0 Å². The second-order valence-corrected chi connectivity index (χ2v) is 5.72. The molecule has 0 saturated heterocycles. The largest absolute Gasteiger partial charge is 0.478 e. The summed E-state index contributed by atoms with van der Waals surface area (Å²) < 4.78 is 0. The molecule has 1 rings (SSSR count). The number of urea groups is 1. The number of rotatable bonds is 8. The van der Waals surface area contributed by atoms with E-state index in [0.29, 0.717) is 12.2 Å². The zero-order valence-corrected chi connectivity index (χ0v) is 13.3. The maximum absolute atomic E-state index is 11.8. The van der Waals surface area contributed by atoms with E-state index in [1.165, 1.54) is 6.07 Å². The van der Waals surface area contributed by atoms with Gasteiger partial charge < -0.3 is 15.7 Å². The van der Waals surface area contributed by atoms with Crippen LogP contribution < -0.4 is 10.6 Å². The molecule has 3 N–H and O–H groups in total. The number of hydrogen-bond donors (Lipinski definition) is 3. The molecule has 1 aromatic rings. The molecule has 2 amide bonds. The van der Waals surface area contributed by atoms with Gasteiger partial charge in [0.05, 0.1) is 11.3 Å². The van der Waals surface area contributed by atoms with Crippen molar-refractivity contribution in [1.29, 1.82) is 0 Å². The Balaban J connectivity index is 2.46. The van der Waals surface area contributed by atoms with Crippen LogP contribution in [0.1, 0.15) is 35.2 Å². The highest BCUT2D eigenvalue weighted by Gasteiger charge is 2.13. The minimum atomic E-state index is -1.05. The Morgan fingerprint density at radius 1 is 1.24 bits per heavy atom. The molecule has 1 aromatic carbocycles. The van der Waals surface area contributed by atoms with Crippen molar-refractivity contribution in [2.45, 2.75) is 26.2 Å². The third-order valence-corrected chi connectivity index (χ3v) is 3.75. The molecular weight excluding hydrogens is 288 g/mol. The number of nitrogens with one attached hydrogen (secondary N) is 2. The number of anilines is 1. The van der Waals surface area contributed by atoms with E-state index in [0.717, 1.165) is 30.6 Å². The lowest BCUT2D eigenvalue weighted by Gasteiger charge is -2.12. The molecule has 6 heteroatoms. The first-order valence-electron chi connectivity index (χ1n) is 6.93. The number of carbonyl (C=O) groups excluding carboxylic acids is 1. The van der Waals surface area contributed by atoms with Crippen LogP contribution in [-0.2, 0) is 0 Å². The summed E-state index contributed by atoms with van der Waals surface area (Å²) in [6, 6.07) is 4.54. The second kappa shape index (κ2) is 9.28. The second-order valence-electron chi connectivity index (χ2n) is 4.74. The number of carbonyl (C=O) groups is 2. The molecule has 116 valence electrons.